The minimum Gasteiger partial charge on any atom is -0.372 e. The number of hydrogen-bond acceptors (Lipinski definition) is 3. The van der Waals surface area contributed by atoms with E-state index in [2.05, 4.69) is 34.9 Å². The van der Waals surface area contributed by atoms with Crippen molar-refractivity contribution < 1.29 is 9.53 Å². The molecule has 1 heterocycles. The second-order valence-corrected chi connectivity index (χ2v) is 6.67. The third-order valence-electron chi connectivity index (χ3n) is 4.87. The number of ether oxygens (including phenoxy) is 1. The molecule has 3 rings (SSSR count). The van der Waals surface area contributed by atoms with Gasteiger partial charge < -0.3 is 15.4 Å². The molecule has 140 valence electrons. The molecular weight excluding hydrogens is 348 g/mol. The van der Waals surface area contributed by atoms with Gasteiger partial charge in [0.1, 0.15) is 0 Å². The molecule has 26 heavy (non-hydrogen) atoms. The monoisotopic (exact) mass is 374 g/mol. The first-order valence-electron chi connectivity index (χ1n) is 8.91. The van der Waals surface area contributed by atoms with Gasteiger partial charge >= 0.3 is 0 Å². The number of carbonyl (C=O) groups excluding carboxylic acids is 1. The molecule has 1 aliphatic rings. The number of rotatable bonds is 8. The summed E-state index contributed by atoms with van der Waals surface area (Å²) in [5.74, 6) is 0.652. The number of carbonyl (C=O) groups is 1. The van der Waals surface area contributed by atoms with Gasteiger partial charge in [-0.2, -0.15) is 0 Å². The van der Waals surface area contributed by atoms with Crippen molar-refractivity contribution in [2.75, 3.05) is 13.1 Å². The highest BCUT2D eigenvalue weighted by molar-refractivity contribution is 5.85. The van der Waals surface area contributed by atoms with Gasteiger partial charge in [-0.15, -0.1) is 12.4 Å². The van der Waals surface area contributed by atoms with Crippen molar-refractivity contribution in [1.82, 2.24) is 10.6 Å². The summed E-state index contributed by atoms with van der Waals surface area (Å²) < 4.78 is 5.84. The summed E-state index contributed by atoms with van der Waals surface area (Å²) in [7, 11) is 0. The molecule has 1 amide bonds. The lowest BCUT2D eigenvalue weighted by molar-refractivity contribution is -0.126. The fraction of sp³-hybridized carbons (Fsp3) is 0.381. The van der Waals surface area contributed by atoms with E-state index in [4.69, 9.17) is 4.74 Å². The Kier molecular flexibility index (Phi) is 8.10. The van der Waals surface area contributed by atoms with Crippen LogP contribution in [-0.4, -0.2) is 19.0 Å². The van der Waals surface area contributed by atoms with Crippen LogP contribution in [-0.2, 0) is 29.3 Å². The quantitative estimate of drug-likeness (QED) is 0.745. The van der Waals surface area contributed by atoms with Crippen molar-refractivity contribution in [3.8, 4) is 0 Å². The third kappa shape index (κ3) is 5.56. The molecule has 0 saturated carbocycles. The molecule has 0 bridgehead atoms. The Morgan fingerprint density at radius 2 is 1.73 bits per heavy atom. The summed E-state index contributed by atoms with van der Waals surface area (Å²) >= 11 is 0. The largest absolute Gasteiger partial charge is 0.372 e. The molecule has 0 aliphatic carbocycles. The van der Waals surface area contributed by atoms with E-state index in [1.807, 2.05) is 37.3 Å². The fourth-order valence-electron chi connectivity index (χ4n) is 2.95. The van der Waals surface area contributed by atoms with Crippen molar-refractivity contribution in [1.29, 1.82) is 0 Å². The molecule has 1 aliphatic heterocycles. The zero-order valence-electron chi connectivity index (χ0n) is 15.1. The first-order chi connectivity index (χ1) is 12.2. The number of benzene rings is 2. The minimum absolute atomic E-state index is 0. The predicted molar refractivity (Wildman–Crippen MR) is 106 cm³/mol. The lowest BCUT2D eigenvalue weighted by Gasteiger charge is -2.31. The highest BCUT2D eigenvalue weighted by Crippen LogP contribution is 2.17. The van der Waals surface area contributed by atoms with E-state index in [1.165, 1.54) is 0 Å². The van der Waals surface area contributed by atoms with Crippen LogP contribution < -0.4 is 10.6 Å². The predicted octanol–water partition coefficient (Wildman–Crippen LogP) is 3.30. The average Bonchev–Trinajstić information content (AvgIpc) is 2.60. The summed E-state index contributed by atoms with van der Waals surface area (Å²) in [6.45, 7) is 5.58. The van der Waals surface area contributed by atoms with E-state index in [0.717, 1.165) is 29.8 Å². The van der Waals surface area contributed by atoms with Crippen LogP contribution in [0.1, 0.15) is 23.6 Å². The Morgan fingerprint density at radius 1 is 1.08 bits per heavy atom. The van der Waals surface area contributed by atoms with Crippen molar-refractivity contribution in [3.05, 3.63) is 71.3 Å². The van der Waals surface area contributed by atoms with E-state index in [-0.39, 0.29) is 24.2 Å². The maximum Gasteiger partial charge on any atom is 0.223 e. The van der Waals surface area contributed by atoms with Crippen molar-refractivity contribution in [3.63, 3.8) is 0 Å². The lowest BCUT2D eigenvalue weighted by Crippen LogP contribution is -2.49. The number of amides is 1. The Morgan fingerprint density at radius 3 is 2.38 bits per heavy atom. The van der Waals surface area contributed by atoms with Gasteiger partial charge in [-0.05, 0) is 35.7 Å². The molecule has 1 fully saturated rings. The summed E-state index contributed by atoms with van der Waals surface area (Å²) in [6.07, 6.45) is 0. The first-order valence-corrected chi connectivity index (χ1v) is 8.91. The van der Waals surface area contributed by atoms with Gasteiger partial charge in [-0.1, -0.05) is 61.5 Å². The third-order valence-corrected chi connectivity index (χ3v) is 4.87. The molecule has 2 aromatic rings. The molecule has 5 heteroatoms. The summed E-state index contributed by atoms with van der Waals surface area (Å²) in [4.78, 5) is 12.3. The smallest absolute Gasteiger partial charge is 0.223 e. The van der Waals surface area contributed by atoms with Crippen LogP contribution in [0.4, 0.5) is 0 Å². The van der Waals surface area contributed by atoms with Gasteiger partial charge in [0.25, 0.3) is 0 Å². The van der Waals surface area contributed by atoms with E-state index in [9.17, 15) is 4.79 Å². The van der Waals surface area contributed by atoms with Gasteiger partial charge in [0.2, 0.25) is 5.91 Å². The van der Waals surface area contributed by atoms with E-state index in [1.54, 1.807) is 0 Å². The zero-order valence-corrected chi connectivity index (χ0v) is 15.9. The van der Waals surface area contributed by atoms with Crippen LogP contribution in [0.3, 0.4) is 0 Å². The van der Waals surface area contributed by atoms with Crippen molar-refractivity contribution in [2.45, 2.75) is 26.7 Å². The average molecular weight is 375 g/mol. The van der Waals surface area contributed by atoms with Crippen molar-refractivity contribution in [2.24, 2.45) is 11.8 Å². The fourth-order valence-corrected chi connectivity index (χ4v) is 2.95. The normalized spacial score (nSPS) is 14.8. The van der Waals surface area contributed by atoms with Crippen LogP contribution >= 0.6 is 12.4 Å². The maximum atomic E-state index is 12.3. The summed E-state index contributed by atoms with van der Waals surface area (Å²) in [6, 6.07) is 18.3. The molecule has 0 aromatic heterocycles. The first kappa shape index (κ1) is 20.4. The molecular formula is C21H27ClN2O2. The number of hydrogen-bond donors (Lipinski definition) is 2. The number of nitrogens with one attached hydrogen (secondary N) is 2. The van der Waals surface area contributed by atoms with Gasteiger partial charge in [0.15, 0.2) is 0 Å². The van der Waals surface area contributed by atoms with Crippen LogP contribution in [0.2, 0.25) is 0 Å². The summed E-state index contributed by atoms with van der Waals surface area (Å²) in [5.41, 5.74) is 3.40. The lowest BCUT2D eigenvalue weighted by atomic mass is 9.88. The second kappa shape index (κ2) is 10.3. The molecule has 1 unspecified atom stereocenters. The van der Waals surface area contributed by atoms with Crippen LogP contribution in [0.25, 0.3) is 0 Å². The van der Waals surface area contributed by atoms with Gasteiger partial charge in [0, 0.05) is 12.5 Å². The van der Waals surface area contributed by atoms with Crippen LogP contribution in [0, 0.1) is 11.8 Å². The Hall–Kier alpha value is -1.88. The SMILES string of the molecule is CC(C(=O)NCc1ccccc1COCc1ccccc1)C1CNC1.Cl. The highest BCUT2D eigenvalue weighted by atomic mass is 35.5. The molecule has 4 nitrogen and oxygen atoms in total. The standard InChI is InChI=1S/C21H26N2O2.ClH/c1-16(20-11-22-12-20)21(24)23-13-18-9-5-6-10-19(18)15-25-14-17-7-3-2-4-8-17;/h2-10,16,20,22H,11-15H2,1H3,(H,23,24);1H. The Bertz CT molecular complexity index is 689. The van der Waals surface area contributed by atoms with Gasteiger partial charge in [0.05, 0.1) is 13.2 Å². The molecule has 0 spiro atoms. The van der Waals surface area contributed by atoms with E-state index in [0.29, 0.717) is 25.7 Å². The van der Waals surface area contributed by atoms with E-state index >= 15 is 0 Å². The maximum absolute atomic E-state index is 12.3. The molecule has 1 atom stereocenters. The Labute approximate surface area is 161 Å². The number of halogens is 1. The molecule has 1 saturated heterocycles. The van der Waals surface area contributed by atoms with Crippen LogP contribution in [0.5, 0.6) is 0 Å². The van der Waals surface area contributed by atoms with Crippen LogP contribution in [0.15, 0.2) is 54.6 Å². The van der Waals surface area contributed by atoms with Gasteiger partial charge in [-0.3, -0.25) is 4.79 Å². The van der Waals surface area contributed by atoms with E-state index < -0.39 is 0 Å². The topological polar surface area (TPSA) is 50.4 Å². The second-order valence-electron chi connectivity index (χ2n) is 6.67. The van der Waals surface area contributed by atoms with Crippen molar-refractivity contribution >= 4 is 18.3 Å². The molecule has 2 aromatic carbocycles. The summed E-state index contributed by atoms with van der Waals surface area (Å²) in [5, 5.41) is 6.29. The Balaban J connectivity index is 0.00000243. The highest BCUT2D eigenvalue weighted by Gasteiger charge is 2.28. The zero-order chi connectivity index (χ0) is 17.5. The van der Waals surface area contributed by atoms with Gasteiger partial charge in [-0.25, -0.2) is 0 Å². The molecule has 2 N–H and O–H groups in total. The molecule has 0 radical (unpaired) electrons. The minimum atomic E-state index is 0.